The SMILES string of the molecule is CCCc1nc(Br)cc(NCc2cc3c(s2)CCC3)n1. The first kappa shape index (κ1) is 14.0. The van der Waals surface area contributed by atoms with Crippen molar-refractivity contribution in [3.8, 4) is 0 Å². The zero-order valence-electron chi connectivity index (χ0n) is 11.6. The second kappa shape index (κ2) is 6.22. The Hall–Kier alpha value is -0.940. The third-order valence-corrected chi connectivity index (χ3v) is 5.10. The molecule has 1 aliphatic rings. The van der Waals surface area contributed by atoms with Crippen molar-refractivity contribution in [2.24, 2.45) is 0 Å². The van der Waals surface area contributed by atoms with E-state index in [0.717, 1.165) is 35.6 Å². The minimum absolute atomic E-state index is 0.854. The molecule has 0 atom stereocenters. The van der Waals surface area contributed by atoms with Gasteiger partial charge in [0.2, 0.25) is 0 Å². The highest BCUT2D eigenvalue weighted by atomic mass is 79.9. The smallest absolute Gasteiger partial charge is 0.132 e. The number of fused-ring (bicyclic) bond motifs is 1. The normalized spacial score (nSPS) is 13.5. The van der Waals surface area contributed by atoms with E-state index in [-0.39, 0.29) is 0 Å². The van der Waals surface area contributed by atoms with Crippen LogP contribution in [0.2, 0.25) is 0 Å². The Morgan fingerprint density at radius 2 is 2.20 bits per heavy atom. The molecule has 2 aromatic heterocycles. The Labute approximate surface area is 132 Å². The van der Waals surface area contributed by atoms with Gasteiger partial charge in [0.25, 0.3) is 0 Å². The summed E-state index contributed by atoms with van der Waals surface area (Å²) in [5.41, 5.74) is 1.56. The summed E-state index contributed by atoms with van der Waals surface area (Å²) < 4.78 is 0.854. The van der Waals surface area contributed by atoms with Crippen molar-refractivity contribution < 1.29 is 0 Å². The number of aryl methyl sites for hydroxylation is 3. The van der Waals surface area contributed by atoms with Gasteiger partial charge in [-0.05, 0) is 53.2 Å². The Kier molecular flexibility index (Phi) is 4.36. The van der Waals surface area contributed by atoms with Crippen molar-refractivity contribution in [2.45, 2.75) is 45.6 Å². The maximum Gasteiger partial charge on any atom is 0.132 e. The van der Waals surface area contributed by atoms with Crippen LogP contribution in [-0.2, 0) is 25.8 Å². The van der Waals surface area contributed by atoms with Gasteiger partial charge in [-0.15, -0.1) is 11.3 Å². The second-order valence-corrected chi connectivity index (χ2v) is 7.14. The summed E-state index contributed by atoms with van der Waals surface area (Å²) in [5.74, 6) is 1.81. The summed E-state index contributed by atoms with van der Waals surface area (Å²) in [4.78, 5) is 11.9. The molecule has 1 aliphatic carbocycles. The molecule has 106 valence electrons. The van der Waals surface area contributed by atoms with Crippen molar-refractivity contribution in [3.05, 3.63) is 37.9 Å². The molecule has 3 rings (SSSR count). The van der Waals surface area contributed by atoms with Crippen LogP contribution in [0.25, 0.3) is 0 Å². The lowest BCUT2D eigenvalue weighted by Gasteiger charge is -2.06. The van der Waals surface area contributed by atoms with E-state index in [9.17, 15) is 0 Å². The van der Waals surface area contributed by atoms with Crippen LogP contribution in [0.1, 0.15) is 40.9 Å². The van der Waals surface area contributed by atoms with E-state index in [1.807, 2.05) is 17.4 Å². The molecule has 0 unspecified atom stereocenters. The molecule has 0 aromatic carbocycles. The molecular weight excluding hydrogens is 334 g/mol. The largest absolute Gasteiger partial charge is 0.365 e. The number of nitrogens with one attached hydrogen (secondary N) is 1. The van der Waals surface area contributed by atoms with Crippen LogP contribution in [0.4, 0.5) is 5.82 Å². The molecule has 0 saturated carbocycles. The summed E-state index contributed by atoms with van der Waals surface area (Å²) in [5, 5.41) is 3.42. The van der Waals surface area contributed by atoms with Gasteiger partial charge in [-0.2, -0.15) is 0 Å². The molecule has 2 heterocycles. The average Bonchev–Trinajstić information content (AvgIpc) is 2.96. The van der Waals surface area contributed by atoms with Crippen LogP contribution in [-0.4, -0.2) is 9.97 Å². The Bertz CT molecular complexity index is 588. The Morgan fingerprint density at radius 1 is 1.30 bits per heavy atom. The average molecular weight is 352 g/mol. The zero-order valence-corrected chi connectivity index (χ0v) is 14.0. The monoisotopic (exact) mass is 351 g/mol. The van der Waals surface area contributed by atoms with E-state index >= 15 is 0 Å². The first-order chi connectivity index (χ1) is 9.74. The number of hydrogen-bond acceptors (Lipinski definition) is 4. The predicted molar refractivity (Wildman–Crippen MR) is 87.4 cm³/mol. The molecular formula is C15H18BrN3S. The standard InChI is InChI=1S/C15H18BrN3S/c1-2-4-14-18-13(16)8-15(19-14)17-9-11-7-10-5-3-6-12(10)20-11/h7-8H,2-6,9H2,1H3,(H,17,18,19). The van der Waals surface area contributed by atoms with Gasteiger partial charge in [-0.25, -0.2) is 9.97 Å². The minimum Gasteiger partial charge on any atom is -0.365 e. The second-order valence-electron chi connectivity index (χ2n) is 5.11. The third-order valence-electron chi connectivity index (χ3n) is 3.46. The van der Waals surface area contributed by atoms with Gasteiger partial charge < -0.3 is 5.32 Å². The van der Waals surface area contributed by atoms with Gasteiger partial charge >= 0.3 is 0 Å². The van der Waals surface area contributed by atoms with E-state index in [4.69, 9.17) is 0 Å². The Balaban J connectivity index is 1.68. The summed E-state index contributed by atoms with van der Waals surface area (Å²) in [6.45, 7) is 3.00. The van der Waals surface area contributed by atoms with E-state index in [2.05, 4.69) is 44.2 Å². The molecule has 20 heavy (non-hydrogen) atoms. The number of thiophene rings is 1. The summed E-state index contributed by atoms with van der Waals surface area (Å²) >= 11 is 5.40. The van der Waals surface area contributed by atoms with E-state index < -0.39 is 0 Å². The van der Waals surface area contributed by atoms with Crippen molar-refractivity contribution in [1.29, 1.82) is 0 Å². The lowest BCUT2D eigenvalue weighted by Crippen LogP contribution is -2.04. The highest BCUT2D eigenvalue weighted by Gasteiger charge is 2.14. The van der Waals surface area contributed by atoms with E-state index in [1.54, 1.807) is 10.4 Å². The number of hydrogen-bond donors (Lipinski definition) is 1. The molecule has 2 aromatic rings. The molecule has 0 aliphatic heterocycles. The topological polar surface area (TPSA) is 37.8 Å². The van der Waals surface area contributed by atoms with Crippen LogP contribution < -0.4 is 5.32 Å². The van der Waals surface area contributed by atoms with Crippen molar-refractivity contribution in [1.82, 2.24) is 9.97 Å². The van der Waals surface area contributed by atoms with Crippen molar-refractivity contribution in [2.75, 3.05) is 5.32 Å². The number of anilines is 1. The summed E-state index contributed by atoms with van der Waals surface area (Å²) in [7, 11) is 0. The quantitative estimate of drug-likeness (QED) is 0.813. The lowest BCUT2D eigenvalue weighted by molar-refractivity contribution is 0.828. The molecule has 0 amide bonds. The van der Waals surface area contributed by atoms with Gasteiger partial charge in [0.15, 0.2) is 0 Å². The predicted octanol–water partition coefficient (Wildman–Crippen LogP) is 4.35. The van der Waals surface area contributed by atoms with Gasteiger partial charge in [-0.3, -0.25) is 0 Å². The summed E-state index contributed by atoms with van der Waals surface area (Å²) in [6.07, 6.45) is 5.83. The molecule has 3 nitrogen and oxygen atoms in total. The molecule has 0 bridgehead atoms. The number of rotatable bonds is 5. The van der Waals surface area contributed by atoms with Gasteiger partial charge in [0.05, 0.1) is 6.54 Å². The van der Waals surface area contributed by atoms with Crippen LogP contribution in [0.5, 0.6) is 0 Å². The number of halogens is 1. The number of aromatic nitrogens is 2. The van der Waals surface area contributed by atoms with Crippen LogP contribution >= 0.6 is 27.3 Å². The van der Waals surface area contributed by atoms with Crippen molar-refractivity contribution >= 4 is 33.1 Å². The fraction of sp³-hybridized carbons (Fsp3) is 0.467. The van der Waals surface area contributed by atoms with Crippen molar-refractivity contribution in [3.63, 3.8) is 0 Å². The minimum atomic E-state index is 0.854. The maximum atomic E-state index is 4.55. The fourth-order valence-corrected chi connectivity index (χ4v) is 4.17. The molecule has 5 heteroatoms. The maximum absolute atomic E-state index is 4.55. The van der Waals surface area contributed by atoms with Gasteiger partial charge in [0.1, 0.15) is 16.2 Å². The van der Waals surface area contributed by atoms with Crippen LogP contribution in [0.15, 0.2) is 16.7 Å². The molecule has 0 saturated heterocycles. The number of nitrogens with zero attached hydrogens (tertiary/aromatic N) is 2. The fourth-order valence-electron chi connectivity index (χ4n) is 2.55. The first-order valence-electron chi connectivity index (χ1n) is 7.12. The molecule has 1 N–H and O–H groups in total. The molecule has 0 spiro atoms. The zero-order chi connectivity index (χ0) is 13.9. The van der Waals surface area contributed by atoms with Crippen LogP contribution in [0, 0.1) is 0 Å². The first-order valence-corrected chi connectivity index (χ1v) is 8.73. The summed E-state index contributed by atoms with van der Waals surface area (Å²) in [6, 6.07) is 4.30. The highest BCUT2D eigenvalue weighted by molar-refractivity contribution is 9.10. The molecule has 0 fully saturated rings. The van der Waals surface area contributed by atoms with E-state index in [0.29, 0.717) is 0 Å². The molecule has 0 radical (unpaired) electrons. The van der Waals surface area contributed by atoms with Gasteiger partial charge in [0, 0.05) is 22.2 Å². The van der Waals surface area contributed by atoms with Gasteiger partial charge in [-0.1, -0.05) is 6.92 Å². The van der Waals surface area contributed by atoms with Crippen LogP contribution in [0.3, 0.4) is 0 Å². The van der Waals surface area contributed by atoms with E-state index in [1.165, 1.54) is 24.1 Å². The Morgan fingerprint density at radius 3 is 3.00 bits per heavy atom. The highest BCUT2D eigenvalue weighted by Crippen LogP contribution is 2.30. The third kappa shape index (κ3) is 3.20. The lowest BCUT2D eigenvalue weighted by atomic mass is 10.2.